The van der Waals surface area contributed by atoms with Crippen LogP contribution in [-0.4, -0.2) is 17.0 Å². The fraction of sp³-hybridized carbons (Fsp3) is 0.286. The van der Waals surface area contributed by atoms with E-state index in [0.29, 0.717) is 11.4 Å². The summed E-state index contributed by atoms with van der Waals surface area (Å²) in [4.78, 5) is 8.95. The Kier molecular flexibility index (Phi) is 4.27. The summed E-state index contributed by atoms with van der Waals surface area (Å²) >= 11 is 3.41. The highest BCUT2D eigenvalue weighted by molar-refractivity contribution is 9.10. The highest BCUT2D eigenvalue weighted by Gasteiger charge is 2.12. The van der Waals surface area contributed by atoms with E-state index >= 15 is 0 Å². The number of halogens is 2. The Bertz CT molecular complexity index is 591. The van der Waals surface area contributed by atoms with E-state index in [1.54, 1.807) is 6.07 Å². The fourth-order valence-electron chi connectivity index (χ4n) is 1.96. The third-order valence-electron chi connectivity index (χ3n) is 2.94. The van der Waals surface area contributed by atoms with Crippen LogP contribution in [0.25, 0.3) is 11.4 Å². The minimum absolute atomic E-state index is 0.295. The Labute approximate surface area is 120 Å². The van der Waals surface area contributed by atoms with E-state index < -0.39 is 0 Å². The predicted octanol–water partition coefficient (Wildman–Crippen LogP) is 3.38. The van der Waals surface area contributed by atoms with Crippen LogP contribution in [0.3, 0.4) is 0 Å². The van der Waals surface area contributed by atoms with Crippen molar-refractivity contribution < 1.29 is 4.39 Å². The van der Waals surface area contributed by atoms with Crippen molar-refractivity contribution in [2.75, 3.05) is 7.05 Å². The molecule has 0 unspecified atom stereocenters. The molecule has 100 valence electrons. The Morgan fingerprint density at radius 3 is 2.42 bits per heavy atom. The molecule has 0 aliphatic carbocycles. The zero-order valence-electron chi connectivity index (χ0n) is 11.1. The number of aryl methyl sites for hydroxylation is 2. The van der Waals surface area contributed by atoms with Gasteiger partial charge in [-0.15, -0.1) is 0 Å². The van der Waals surface area contributed by atoms with Gasteiger partial charge in [-0.05, 0) is 39.1 Å². The zero-order valence-corrected chi connectivity index (χ0v) is 12.7. The topological polar surface area (TPSA) is 37.8 Å². The first-order valence-corrected chi connectivity index (χ1v) is 6.76. The number of hydrogen-bond donors (Lipinski definition) is 1. The summed E-state index contributed by atoms with van der Waals surface area (Å²) in [5.74, 6) is 0.248. The lowest BCUT2D eigenvalue weighted by molar-refractivity contribution is 0.628. The molecular formula is C14H15BrFN3. The number of rotatable bonds is 3. The molecule has 0 spiro atoms. The van der Waals surface area contributed by atoms with Gasteiger partial charge in [0.1, 0.15) is 5.82 Å². The molecule has 1 aromatic heterocycles. The lowest BCUT2D eigenvalue weighted by Crippen LogP contribution is -2.11. The first-order valence-electron chi connectivity index (χ1n) is 5.97. The van der Waals surface area contributed by atoms with Gasteiger partial charge in [0, 0.05) is 33.5 Å². The smallest absolute Gasteiger partial charge is 0.160 e. The molecule has 5 heteroatoms. The lowest BCUT2D eigenvalue weighted by atomic mass is 10.1. The monoisotopic (exact) mass is 323 g/mol. The highest BCUT2D eigenvalue weighted by Crippen LogP contribution is 2.27. The van der Waals surface area contributed by atoms with Crippen molar-refractivity contribution in [3.8, 4) is 11.4 Å². The summed E-state index contributed by atoms with van der Waals surface area (Å²) < 4.78 is 14.1. The number of nitrogens with one attached hydrogen (secondary N) is 1. The van der Waals surface area contributed by atoms with Crippen molar-refractivity contribution in [1.82, 2.24) is 15.3 Å². The number of aromatic nitrogens is 2. The van der Waals surface area contributed by atoms with Crippen LogP contribution in [0.15, 0.2) is 22.7 Å². The lowest BCUT2D eigenvalue weighted by Gasteiger charge is -2.11. The van der Waals surface area contributed by atoms with Crippen molar-refractivity contribution in [2.45, 2.75) is 20.4 Å². The first kappa shape index (κ1) is 14.1. The van der Waals surface area contributed by atoms with E-state index in [1.807, 2.05) is 20.9 Å². The molecule has 1 heterocycles. The zero-order chi connectivity index (χ0) is 14.0. The maximum atomic E-state index is 13.3. The molecule has 0 amide bonds. The molecule has 1 N–H and O–H groups in total. The van der Waals surface area contributed by atoms with Gasteiger partial charge in [0.15, 0.2) is 5.82 Å². The molecule has 0 saturated carbocycles. The van der Waals surface area contributed by atoms with Crippen LogP contribution in [0.1, 0.15) is 17.0 Å². The predicted molar refractivity (Wildman–Crippen MR) is 77.4 cm³/mol. The third kappa shape index (κ3) is 2.98. The molecular weight excluding hydrogens is 309 g/mol. The van der Waals surface area contributed by atoms with Crippen LogP contribution < -0.4 is 5.32 Å². The summed E-state index contributed by atoms with van der Waals surface area (Å²) in [6.45, 7) is 4.61. The van der Waals surface area contributed by atoms with Gasteiger partial charge in [0.2, 0.25) is 0 Å². The number of nitrogens with zero attached hydrogens (tertiary/aromatic N) is 2. The number of hydrogen-bond acceptors (Lipinski definition) is 3. The first-order chi connectivity index (χ1) is 9.02. The van der Waals surface area contributed by atoms with E-state index in [9.17, 15) is 4.39 Å². The molecule has 0 bridgehead atoms. The van der Waals surface area contributed by atoms with Crippen LogP contribution in [-0.2, 0) is 6.54 Å². The van der Waals surface area contributed by atoms with Crippen molar-refractivity contribution in [3.05, 3.63) is 45.4 Å². The van der Waals surface area contributed by atoms with Gasteiger partial charge in [-0.1, -0.05) is 15.9 Å². The molecule has 0 saturated heterocycles. The highest BCUT2D eigenvalue weighted by atomic mass is 79.9. The maximum Gasteiger partial charge on any atom is 0.160 e. The van der Waals surface area contributed by atoms with E-state index in [4.69, 9.17) is 0 Å². The maximum absolute atomic E-state index is 13.3. The second kappa shape index (κ2) is 5.75. The Morgan fingerprint density at radius 1 is 1.21 bits per heavy atom. The molecule has 2 rings (SSSR count). The Hall–Kier alpha value is -1.33. The molecule has 19 heavy (non-hydrogen) atoms. The van der Waals surface area contributed by atoms with Gasteiger partial charge in [0.05, 0.1) is 0 Å². The summed E-state index contributed by atoms with van der Waals surface area (Å²) in [6, 6.07) is 4.51. The molecule has 0 fully saturated rings. The van der Waals surface area contributed by atoms with Gasteiger partial charge < -0.3 is 5.32 Å². The van der Waals surface area contributed by atoms with Crippen molar-refractivity contribution in [1.29, 1.82) is 0 Å². The van der Waals surface area contributed by atoms with Crippen LogP contribution in [0, 0.1) is 19.7 Å². The van der Waals surface area contributed by atoms with Gasteiger partial charge in [-0.2, -0.15) is 0 Å². The van der Waals surface area contributed by atoms with Crippen molar-refractivity contribution in [2.24, 2.45) is 0 Å². The summed E-state index contributed by atoms with van der Waals surface area (Å²) in [6.07, 6.45) is 0. The van der Waals surface area contributed by atoms with E-state index in [0.717, 1.165) is 28.0 Å². The second-order valence-corrected chi connectivity index (χ2v) is 5.21. The van der Waals surface area contributed by atoms with E-state index in [-0.39, 0.29) is 5.82 Å². The Morgan fingerprint density at radius 2 is 1.84 bits per heavy atom. The quantitative estimate of drug-likeness (QED) is 0.940. The molecule has 3 nitrogen and oxygen atoms in total. The van der Waals surface area contributed by atoms with Crippen LogP contribution in [0.2, 0.25) is 0 Å². The van der Waals surface area contributed by atoms with Gasteiger partial charge in [-0.3, -0.25) is 0 Å². The average molecular weight is 324 g/mol. The minimum atomic E-state index is -0.295. The van der Waals surface area contributed by atoms with E-state index in [1.165, 1.54) is 12.1 Å². The molecule has 0 aliphatic rings. The fourth-order valence-corrected chi connectivity index (χ4v) is 2.39. The minimum Gasteiger partial charge on any atom is -0.316 e. The second-order valence-electron chi connectivity index (χ2n) is 4.35. The van der Waals surface area contributed by atoms with Gasteiger partial charge in [0.25, 0.3) is 0 Å². The third-order valence-corrected chi connectivity index (χ3v) is 3.64. The summed E-state index contributed by atoms with van der Waals surface area (Å²) in [7, 11) is 1.88. The van der Waals surface area contributed by atoms with E-state index in [2.05, 4.69) is 31.2 Å². The molecule has 0 aliphatic heterocycles. The normalized spacial score (nSPS) is 10.8. The molecule has 2 aromatic rings. The average Bonchev–Trinajstić information content (AvgIpc) is 2.36. The standard InChI is InChI=1S/C14H15BrFN3/c1-8-12(7-17-3)9(2)19-14(18-8)11-6-10(16)4-5-13(11)15/h4-6,17H,7H2,1-3H3. The van der Waals surface area contributed by atoms with Crippen LogP contribution >= 0.6 is 15.9 Å². The summed E-state index contributed by atoms with van der Waals surface area (Å²) in [5, 5.41) is 3.10. The van der Waals surface area contributed by atoms with Crippen LogP contribution in [0.5, 0.6) is 0 Å². The van der Waals surface area contributed by atoms with Crippen molar-refractivity contribution in [3.63, 3.8) is 0 Å². The molecule has 0 atom stereocenters. The SMILES string of the molecule is CNCc1c(C)nc(-c2cc(F)ccc2Br)nc1C. The number of benzene rings is 1. The van der Waals surface area contributed by atoms with Gasteiger partial charge in [-0.25, -0.2) is 14.4 Å². The Balaban J connectivity index is 2.55. The molecule has 0 radical (unpaired) electrons. The van der Waals surface area contributed by atoms with Crippen molar-refractivity contribution >= 4 is 15.9 Å². The van der Waals surface area contributed by atoms with Crippen LogP contribution in [0.4, 0.5) is 4.39 Å². The largest absolute Gasteiger partial charge is 0.316 e. The van der Waals surface area contributed by atoms with Gasteiger partial charge >= 0.3 is 0 Å². The summed E-state index contributed by atoms with van der Waals surface area (Å²) in [5.41, 5.74) is 3.57. The molecule has 1 aromatic carbocycles.